The molecule has 5 unspecified atom stereocenters. The van der Waals surface area contributed by atoms with Crippen molar-refractivity contribution >= 4 is 0 Å². The van der Waals surface area contributed by atoms with Gasteiger partial charge in [-0.15, -0.1) is 0 Å². The first-order chi connectivity index (χ1) is 8.07. The molecular formula is C15H22O2. The van der Waals surface area contributed by atoms with E-state index in [4.69, 9.17) is 4.74 Å². The zero-order chi connectivity index (χ0) is 11.8. The van der Waals surface area contributed by atoms with Gasteiger partial charge < -0.3 is 9.84 Å². The van der Waals surface area contributed by atoms with Gasteiger partial charge in [-0.25, -0.2) is 0 Å². The molecule has 0 aromatic carbocycles. The van der Waals surface area contributed by atoms with Gasteiger partial charge in [-0.2, -0.15) is 0 Å². The monoisotopic (exact) mass is 234 g/mol. The molecule has 2 nitrogen and oxygen atoms in total. The van der Waals surface area contributed by atoms with Gasteiger partial charge in [-0.3, -0.25) is 0 Å². The number of ether oxygens (including phenoxy) is 1. The van der Waals surface area contributed by atoms with Crippen LogP contribution in [0.25, 0.3) is 0 Å². The van der Waals surface area contributed by atoms with E-state index in [1.165, 1.54) is 24.8 Å². The number of aliphatic hydroxyl groups excluding tert-OH is 1. The Kier molecular flexibility index (Phi) is 1.85. The van der Waals surface area contributed by atoms with E-state index in [9.17, 15) is 5.11 Å². The zero-order valence-corrected chi connectivity index (χ0v) is 10.8. The van der Waals surface area contributed by atoms with Crippen molar-refractivity contribution in [3.8, 4) is 0 Å². The quantitative estimate of drug-likeness (QED) is 0.653. The zero-order valence-electron chi connectivity index (χ0n) is 10.8. The molecule has 1 heterocycles. The first-order valence-electron chi connectivity index (χ1n) is 7.06. The molecule has 0 amide bonds. The molecule has 1 N–H and O–H groups in total. The highest BCUT2D eigenvalue weighted by Gasteiger charge is 2.68. The Balaban J connectivity index is 1.89. The molecule has 5 atom stereocenters. The molecule has 94 valence electrons. The fourth-order valence-electron chi connectivity index (χ4n) is 5.74. The Bertz CT molecular complexity index is 398. The van der Waals surface area contributed by atoms with Crippen LogP contribution in [0.2, 0.25) is 0 Å². The minimum atomic E-state index is -0.509. The Labute approximate surface area is 103 Å². The van der Waals surface area contributed by atoms with Crippen LogP contribution in [0.3, 0.4) is 0 Å². The van der Waals surface area contributed by atoms with Crippen LogP contribution in [0.15, 0.2) is 11.6 Å². The van der Waals surface area contributed by atoms with Gasteiger partial charge in [0, 0.05) is 11.3 Å². The number of hydrogen-bond acceptors (Lipinski definition) is 2. The third-order valence-corrected chi connectivity index (χ3v) is 6.58. The predicted octanol–water partition coefficient (Wildman–Crippen LogP) is 2.72. The van der Waals surface area contributed by atoms with E-state index >= 15 is 0 Å². The number of aliphatic hydroxyl groups is 1. The standard InChI is InChI=1S/C15H22O2/c1-14(2)9-3-4-10-8-17-13(16)11-5-6-12(14)15(10,11)7-9/h4,9,11-13,16H,3,5-8H2,1-2H3. The summed E-state index contributed by atoms with van der Waals surface area (Å²) in [6, 6.07) is 0. The van der Waals surface area contributed by atoms with Gasteiger partial charge in [-0.1, -0.05) is 19.9 Å². The average Bonchev–Trinajstić information content (AvgIpc) is 2.74. The summed E-state index contributed by atoms with van der Waals surface area (Å²) in [5.41, 5.74) is 2.28. The fourth-order valence-corrected chi connectivity index (χ4v) is 5.74. The van der Waals surface area contributed by atoms with E-state index in [2.05, 4.69) is 19.9 Å². The second-order valence-electron chi connectivity index (χ2n) is 7.17. The largest absolute Gasteiger partial charge is 0.368 e. The van der Waals surface area contributed by atoms with Crippen LogP contribution in [0.1, 0.15) is 39.5 Å². The number of fused-ring (bicyclic) bond motifs is 1. The second kappa shape index (κ2) is 2.97. The van der Waals surface area contributed by atoms with Gasteiger partial charge in [-0.05, 0) is 48.5 Å². The fraction of sp³-hybridized carbons (Fsp3) is 0.867. The van der Waals surface area contributed by atoms with E-state index in [-0.39, 0.29) is 0 Å². The van der Waals surface area contributed by atoms with Crippen molar-refractivity contribution in [1.29, 1.82) is 0 Å². The summed E-state index contributed by atoms with van der Waals surface area (Å²) in [6.07, 6.45) is 6.91. The molecule has 2 saturated carbocycles. The Morgan fingerprint density at radius 2 is 2.18 bits per heavy atom. The van der Waals surface area contributed by atoms with E-state index in [0.717, 1.165) is 18.3 Å². The van der Waals surface area contributed by atoms with Crippen molar-refractivity contribution in [3.63, 3.8) is 0 Å². The SMILES string of the molecule is CC1(C)C2CC=C3COC(O)C4CCC1C34C2. The molecule has 1 spiro atoms. The molecule has 3 aliphatic carbocycles. The molecule has 4 rings (SSSR count). The maximum Gasteiger partial charge on any atom is 0.158 e. The minimum absolute atomic E-state index is 0.310. The minimum Gasteiger partial charge on any atom is -0.368 e. The molecule has 0 radical (unpaired) electrons. The summed E-state index contributed by atoms with van der Waals surface area (Å²) < 4.78 is 5.58. The number of allylic oxidation sites excluding steroid dienone is 1. The van der Waals surface area contributed by atoms with E-state index in [0.29, 0.717) is 23.4 Å². The molecule has 1 aliphatic heterocycles. The molecule has 1 saturated heterocycles. The first-order valence-corrected chi connectivity index (χ1v) is 7.06. The lowest BCUT2D eigenvalue weighted by molar-refractivity contribution is -0.177. The van der Waals surface area contributed by atoms with E-state index in [1.54, 1.807) is 0 Å². The molecule has 0 aromatic heterocycles. The van der Waals surface area contributed by atoms with E-state index < -0.39 is 6.29 Å². The van der Waals surface area contributed by atoms with Crippen LogP contribution in [0, 0.1) is 28.6 Å². The van der Waals surface area contributed by atoms with Crippen molar-refractivity contribution in [3.05, 3.63) is 11.6 Å². The lowest BCUT2D eigenvalue weighted by atomic mass is 9.63. The Hall–Kier alpha value is -0.340. The smallest absolute Gasteiger partial charge is 0.158 e. The highest BCUT2D eigenvalue weighted by Crippen LogP contribution is 2.73. The normalized spacial score (nSPS) is 54.4. The van der Waals surface area contributed by atoms with E-state index in [1.807, 2.05) is 0 Å². The van der Waals surface area contributed by atoms with Gasteiger partial charge in [0.05, 0.1) is 6.61 Å². The maximum absolute atomic E-state index is 10.2. The highest BCUT2D eigenvalue weighted by molar-refractivity contribution is 5.32. The summed E-state index contributed by atoms with van der Waals surface area (Å²) in [4.78, 5) is 0. The molecular weight excluding hydrogens is 212 g/mol. The third kappa shape index (κ3) is 1.01. The lowest BCUT2D eigenvalue weighted by Gasteiger charge is -2.46. The summed E-state index contributed by atoms with van der Waals surface area (Å²) in [7, 11) is 0. The molecule has 2 heteroatoms. The van der Waals surface area contributed by atoms with Crippen LogP contribution in [-0.2, 0) is 4.74 Å². The van der Waals surface area contributed by atoms with Crippen LogP contribution in [0.4, 0.5) is 0 Å². The van der Waals surface area contributed by atoms with Crippen LogP contribution in [-0.4, -0.2) is 18.0 Å². The topological polar surface area (TPSA) is 29.5 Å². The molecule has 0 aromatic rings. The van der Waals surface area contributed by atoms with Gasteiger partial charge >= 0.3 is 0 Å². The summed E-state index contributed by atoms with van der Waals surface area (Å²) in [5, 5.41) is 10.2. The maximum atomic E-state index is 10.2. The Morgan fingerprint density at radius 1 is 1.35 bits per heavy atom. The first kappa shape index (κ1) is 10.6. The molecule has 17 heavy (non-hydrogen) atoms. The van der Waals surface area contributed by atoms with Gasteiger partial charge in [0.2, 0.25) is 0 Å². The predicted molar refractivity (Wildman–Crippen MR) is 65.2 cm³/mol. The second-order valence-corrected chi connectivity index (χ2v) is 7.17. The van der Waals surface area contributed by atoms with Gasteiger partial charge in [0.1, 0.15) is 0 Å². The summed E-state index contributed by atoms with van der Waals surface area (Å²) in [6.45, 7) is 5.59. The Morgan fingerprint density at radius 3 is 3.00 bits per heavy atom. The van der Waals surface area contributed by atoms with Crippen molar-refractivity contribution in [2.24, 2.45) is 28.6 Å². The summed E-state index contributed by atoms with van der Waals surface area (Å²) >= 11 is 0. The van der Waals surface area contributed by atoms with Crippen molar-refractivity contribution < 1.29 is 9.84 Å². The van der Waals surface area contributed by atoms with Crippen LogP contribution in [0.5, 0.6) is 0 Å². The van der Waals surface area contributed by atoms with Crippen molar-refractivity contribution in [2.75, 3.05) is 6.61 Å². The summed E-state index contributed by atoms with van der Waals surface area (Å²) in [5.74, 6) is 1.97. The highest BCUT2D eigenvalue weighted by atomic mass is 16.6. The molecule has 3 fully saturated rings. The number of rotatable bonds is 0. The molecule has 4 aliphatic rings. The van der Waals surface area contributed by atoms with Gasteiger partial charge in [0.25, 0.3) is 0 Å². The average molecular weight is 234 g/mol. The third-order valence-electron chi connectivity index (χ3n) is 6.58. The molecule has 2 bridgehead atoms. The number of hydrogen-bond donors (Lipinski definition) is 1. The van der Waals surface area contributed by atoms with Gasteiger partial charge in [0.15, 0.2) is 6.29 Å². The van der Waals surface area contributed by atoms with Crippen molar-refractivity contribution in [2.45, 2.75) is 45.8 Å². The van der Waals surface area contributed by atoms with Crippen LogP contribution < -0.4 is 0 Å². The van der Waals surface area contributed by atoms with Crippen molar-refractivity contribution in [1.82, 2.24) is 0 Å². The van der Waals surface area contributed by atoms with Crippen LogP contribution >= 0.6 is 0 Å². The lowest BCUT2D eigenvalue weighted by Crippen LogP contribution is -2.46.